The number of likely N-dealkylation sites (tertiary alicyclic amines) is 1. The van der Waals surface area contributed by atoms with Crippen LogP contribution in [0.1, 0.15) is 60.0 Å². The number of ketones is 1. The topological polar surface area (TPSA) is 76.1 Å². The zero-order valence-corrected chi connectivity index (χ0v) is 23.2. The van der Waals surface area contributed by atoms with Crippen LogP contribution >= 0.6 is 0 Å². The number of aliphatic hydroxyl groups excluding tert-OH is 1. The molecular formula is C33H37NO5. The molecule has 1 heterocycles. The summed E-state index contributed by atoms with van der Waals surface area (Å²) in [6.45, 7) is 6.84. The van der Waals surface area contributed by atoms with Gasteiger partial charge in [-0.05, 0) is 61.6 Å². The number of methoxy groups -OCH3 is 1. The first-order valence-electron chi connectivity index (χ1n) is 13.6. The van der Waals surface area contributed by atoms with Crippen molar-refractivity contribution >= 4 is 17.4 Å². The van der Waals surface area contributed by atoms with E-state index in [2.05, 4.69) is 6.92 Å². The van der Waals surface area contributed by atoms with Crippen molar-refractivity contribution in [2.75, 3.05) is 20.3 Å². The van der Waals surface area contributed by atoms with Gasteiger partial charge in [-0.25, -0.2) is 0 Å². The number of unbranched alkanes of at least 4 members (excludes halogenated alkanes) is 2. The molecule has 1 N–H and O–H groups in total. The molecule has 0 spiro atoms. The second-order valence-corrected chi connectivity index (χ2v) is 10.0. The lowest BCUT2D eigenvalue weighted by Crippen LogP contribution is -2.31. The molecule has 1 fully saturated rings. The Hall–Kier alpha value is -4.06. The number of ether oxygens (including phenoxy) is 2. The standard InChI is InChI=1S/C33H37NO5/c1-5-6-10-19-39-27-16-15-25(21-28(27)38-4)30-29(31(35)26-20-22(2)13-14-23(26)3)32(36)33(37)34(30)18-17-24-11-8-7-9-12-24/h7-9,11-16,20-21,30,35H,5-6,10,17-19H2,1-4H3/b31-29+. The van der Waals surface area contributed by atoms with Crippen LogP contribution in [0.2, 0.25) is 0 Å². The second kappa shape index (κ2) is 12.7. The highest BCUT2D eigenvalue weighted by atomic mass is 16.5. The second-order valence-electron chi connectivity index (χ2n) is 10.0. The zero-order chi connectivity index (χ0) is 27.9. The van der Waals surface area contributed by atoms with Crippen molar-refractivity contribution in [2.24, 2.45) is 0 Å². The lowest BCUT2D eigenvalue weighted by molar-refractivity contribution is -0.139. The van der Waals surface area contributed by atoms with E-state index in [4.69, 9.17) is 9.47 Å². The van der Waals surface area contributed by atoms with Crippen LogP contribution in [0, 0.1) is 13.8 Å². The number of hydrogen-bond acceptors (Lipinski definition) is 5. The summed E-state index contributed by atoms with van der Waals surface area (Å²) >= 11 is 0. The van der Waals surface area contributed by atoms with Crippen molar-refractivity contribution in [3.05, 3.63) is 100 Å². The minimum atomic E-state index is -0.767. The Balaban J connectivity index is 1.78. The van der Waals surface area contributed by atoms with Gasteiger partial charge in [0.2, 0.25) is 0 Å². The summed E-state index contributed by atoms with van der Waals surface area (Å²) in [7, 11) is 1.57. The van der Waals surface area contributed by atoms with Gasteiger partial charge in [-0.2, -0.15) is 0 Å². The maximum atomic E-state index is 13.5. The summed E-state index contributed by atoms with van der Waals surface area (Å²) in [5, 5.41) is 11.5. The third-order valence-corrected chi connectivity index (χ3v) is 7.18. The van der Waals surface area contributed by atoms with Gasteiger partial charge < -0.3 is 19.5 Å². The molecule has 1 unspecified atom stereocenters. The van der Waals surface area contributed by atoms with Crippen LogP contribution in [-0.4, -0.2) is 42.0 Å². The molecule has 1 atom stereocenters. The fourth-order valence-corrected chi connectivity index (χ4v) is 5.00. The average molecular weight is 528 g/mol. The first-order chi connectivity index (χ1) is 18.8. The number of hydrogen-bond donors (Lipinski definition) is 1. The maximum absolute atomic E-state index is 13.5. The van der Waals surface area contributed by atoms with Crippen molar-refractivity contribution in [1.82, 2.24) is 4.90 Å². The first kappa shape index (κ1) is 28.0. The molecule has 6 heteroatoms. The van der Waals surface area contributed by atoms with Gasteiger partial charge in [0, 0.05) is 12.1 Å². The quantitative estimate of drug-likeness (QED) is 0.133. The first-order valence-corrected chi connectivity index (χ1v) is 13.6. The van der Waals surface area contributed by atoms with Crippen LogP contribution < -0.4 is 9.47 Å². The molecule has 6 nitrogen and oxygen atoms in total. The third-order valence-electron chi connectivity index (χ3n) is 7.18. The minimum absolute atomic E-state index is 0.0837. The molecule has 1 saturated heterocycles. The number of aryl methyl sites for hydroxylation is 2. The monoisotopic (exact) mass is 527 g/mol. The lowest BCUT2D eigenvalue weighted by Gasteiger charge is -2.26. The van der Waals surface area contributed by atoms with Crippen molar-refractivity contribution in [3.8, 4) is 11.5 Å². The number of amides is 1. The molecule has 1 aliphatic heterocycles. The lowest BCUT2D eigenvalue weighted by atomic mass is 9.93. The fraction of sp³-hybridized carbons (Fsp3) is 0.333. The SMILES string of the molecule is CCCCCOc1ccc(C2/C(=C(\O)c3cc(C)ccc3C)C(=O)C(=O)N2CCc2ccccc2)cc1OC. The Labute approximate surface area is 230 Å². The summed E-state index contributed by atoms with van der Waals surface area (Å²) in [5.41, 5.74) is 4.13. The number of benzene rings is 3. The molecule has 1 amide bonds. The van der Waals surface area contributed by atoms with Crippen LogP contribution in [0.4, 0.5) is 0 Å². The van der Waals surface area contributed by atoms with E-state index in [1.165, 1.54) is 0 Å². The molecule has 1 aliphatic rings. The molecule has 3 aromatic carbocycles. The summed E-state index contributed by atoms with van der Waals surface area (Å²) in [6.07, 6.45) is 3.69. The summed E-state index contributed by atoms with van der Waals surface area (Å²) < 4.78 is 11.6. The van der Waals surface area contributed by atoms with Crippen LogP contribution in [0.5, 0.6) is 11.5 Å². The molecule has 3 aromatic rings. The van der Waals surface area contributed by atoms with Crippen molar-refractivity contribution in [1.29, 1.82) is 0 Å². The maximum Gasteiger partial charge on any atom is 0.295 e. The van der Waals surface area contributed by atoms with E-state index in [0.29, 0.717) is 42.2 Å². The van der Waals surface area contributed by atoms with Crippen molar-refractivity contribution in [2.45, 2.75) is 52.5 Å². The van der Waals surface area contributed by atoms with Gasteiger partial charge in [0.15, 0.2) is 11.5 Å². The number of carbonyl (C=O) groups excluding carboxylic acids is 2. The predicted octanol–water partition coefficient (Wildman–Crippen LogP) is 6.55. The highest BCUT2D eigenvalue weighted by molar-refractivity contribution is 6.46. The summed E-state index contributed by atoms with van der Waals surface area (Å²) in [6, 6.07) is 20.2. The number of rotatable bonds is 11. The van der Waals surface area contributed by atoms with E-state index in [1.807, 2.05) is 74.5 Å². The number of nitrogens with zero attached hydrogens (tertiary/aromatic N) is 1. The molecule has 0 saturated carbocycles. The molecular weight excluding hydrogens is 490 g/mol. The fourth-order valence-electron chi connectivity index (χ4n) is 5.00. The summed E-state index contributed by atoms with van der Waals surface area (Å²) in [4.78, 5) is 28.4. The van der Waals surface area contributed by atoms with E-state index in [1.54, 1.807) is 18.1 Å². The van der Waals surface area contributed by atoms with Gasteiger partial charge in [-0.1, -0.05) is 73.9 Å². The van der Waals surface area contributed by atoms with Gasteiger partial charge in [0.25, 0.3) is 11.7 Å². The number of Topliss-reactive ketones (excluding diaryl/α,β-unsaturated/α-hetero) is 1. The van der Waals surface area contributed by atoms with E-state index in [-0.39, 0.29) is 11.3 Å². The highest BCUT2D eigenvalue weighted by Crippen LogP contribution is 2.42. The normalized spacial score (nSPS) is 16.5. The molecule has 0 radical (unpaired) electrons. The Morgan fingerprint density at radius 3 is 2.44 bits per heavy atom. The largest absolute Gasteiger partial charge is 0.507 e. The Morgan fingerprint density at radius 2 is 1.72 bits per heavy atom. The van der Waals surface area contributed by atoms with E-state index in [9.17, 15) is 14.7 Å². The van der Waals surface area contributed by atoms with E-state index in [0.717, 1.165) is 36.0 Å². The Morgan fingerprint density at radius 1 is 0.949 bits per heavy atom. The zero-order valence-electron chi connectivity index (χ0n) is 23.2. The molecule has 39 heavy (non-hydrogen) atoms. The van der Waals surface area contributed by atoms with Gasteiger partial charge in [-0.3, -0.25) is 9.59 Å². The minimum Gasteiger partial charge on any atom is -0.507 e. The van der Waals surface area contributed by atoms with Crippen LogP contribution in [-0.2, 0) is 16.0 Å². The number of aliphatic hydroxyl groups is 1. The third kappa shape index (κ3) is 6.17. The van der Waals surface area contributed by atoms with Crippen LogP contribution in [0.25, 0.3) is 5.76 Å². The average Bonchev–Trinajstić information content (AvgIpc) is 3.20. The molecule has 0 bridgehead atoms. The molecule has 0 aromatic heterocycles. The van der Waals surface area contributed by atoms with Crippen molar-refractivity contribution < 1.29 is 24.2 Å². The Kier molecular flexibility index (Phi) is 9.07. The predicted molar refractivity (Wildman–Crippen MR) is 153 cm³/mol. The molecule has 0 aliphatic carbocycles. The van der Waals surface area contributed by atoms with Gasteiger partial charge >= 0.3 is 0 Å². The van der Waals surface area contributed by atoms with E-state index >= 15 is 0 Å². The highest BCUT2D eigenvalue weighted by Gasteiger charge is 2.46. The van der Waals surface area contributed by atoms with Crippen LogP contribution in [0.15, 0.2) is 72.3 Å². The smallest absolute Gasteiger partial charge is 0.295 e. The number of carbonyl (C=O) groups is 2. The molecule has 4 rings (SSSR count). The molecule has 204 valence electrons. The van der Waals surface area contributed by atoms with Crippen molar-refractivity contribution in [3.63, 3.8) is 0 Å². The Bertz CT molecular complexity index is 1360. The van der Waals surface area contributed by atoms with Gasteiger partial charge in [0.05, 0.1) is 25.3 Å². The van der Waals surface area contributed by atoms with Gasteiger partial charge in [0.1, 0.15) is 5.76 Å². The van der Waals surface area contributed by atoms with Gasteiger partial charge in [-0.15, -0.1) is 0 Å². The van der Waals surface area contributed by atoms with Crippen LogP contribution in [0.3, 0.4) is 0 Å². The van der Waals surface area contributed by atoms with E-state index < -0.39 is 17.7 Å². The summed E-state index contributed by atoms with van der Waals surface area (Å²) in [5.74, 6) is -0.356.